The molecule has 2 aromatic rings. The second-order valence-electron chi connectivity index (χ2n) is 5.04. The summed E-state index contributed by atoms with van der Waals surface area (Å²) in [6, 6.07) is 9.12. The highest BCUT2D eigenvalue weighted by atomic mass is 16.4. The number of aliphatic carboxylic acids is 1. The summed E-state index contributed by atoms with van der Waals surface area (Å²) in [6.45, 7) is 1.68. The van der Waals surface area contributed by atoms with Gasteiger partial charge in [0.2, 0.25) is 0 Å². The first-order valence-corrected chi connectivity index (χ1v) is 6.82. The Morgan fingerprint density at radius 3 is 2.55 bits per heavy atom. The van der Waals surface area contributed by atoms with Gasteiger partial charge in [-0.05, 0) is 38.1 Å². The van der Waals surface area contributed by atoms with E-state index in [1.54, 1.807) is 10.9 Å². The fourth-order valence-corrected chi connectivity index (χ4v) is 2.71. The van der Waals surface area contributed by atoms with Crippen molar-refractivity contribution in [3.05, 3.63) is 48.3 Å². The van der Waals surface area contributed by atoms with Gasteiger partial charge in [0.25, 0.3) is 0 Å². The van der Waals surface area contributed by atoms with E-state index in [2.05, 4.69) is 5.10 Å². The maximum absolute atomic E-state index is 11.6. The summed E-state index contributed by atoms with van der Waals surface area (Å²) in [5.74, 6) is -0.806. The highest BCUT2D eigenvalue weighted by molar-refractivity contribution is 5.75. The molecule has 1 fully saturated rings. The molecule has 1 N–H and O–H groups in total. The Balaban J connectivity index is 1.89. The van der Waals surface area contributed by atoms with Gasteiger partial charge in [-0.25, -0.2) is 4.68 Å². The second-order valence-corrected chi connectivity index (χ2v) is 5.04. The number of para-hydroxylation sites is 1. The van der Waals surface area contributed by atoms with Crippen LogP contribution in [0.1, 0.15) is 24.4 Å². The van der Waals surface area contributed by atoms with E-state index in [0.717, 1.165) is 37.2 Å². The van der Waals surface area contributed by atoms with Crippen LogP contribution in [0.3, 0.4) is 0 Å². The summed E-state index contributed by atoms with van der Waals surface area (Å²) in [5.41, 5.74) is 1.67. The maximum Gasteiger partial charge on any atom is 0.325 e. The molecule has 0 amide bonds. The molecule has 0 aliphatic carbocycles. The van der Waals surface area contributed by atoms with Crippen LogP contribution in [0.25, 0.3) is 5.69 Å². The minimum atomic E-state index is -0.806. The van der Waals surface area contributed by atoms with Crippen LogP contribution in [0.15, 0.2) is 42.7 Å². The molecule has 104 valence electrons. The monoisotopic (exact) mass is 271 g/mol. The fraction of sp³-hybridized carbons (Fsp3) is 0.333. The number of nitrogens with zero attached hydrogens (tertiary/aromatic N) is 3. The Morgan fingerprint density at radius 1 is 1.20 bits per heavy atom. The molecule has 0 saturated carbocycles. The summed E-state index contributed by atoms with van der Waals surface area (Å²) < 4.78 is 1.72. The van der Waals surface area contributed by atoms with Crippen molar-refractivity contribution in [2.24, 2.45) is 0 Å². The maximum atomic E-state index is 11.6. The van der Waals surface area contributed by atoms with Crippen LogP contribution in [0.4, 0.5) is 0 Å². The quantitative estimate of drug-likeness (QED) is 0.925. The van der Waals surface area contributed by atoms with E-state index in [1.807, 2.05) is 41.4 Å². The van der Waals surface area contributed by atoms with E-state index < -0.39 is 12.0 Å². The highest BCUT2D eigenvalue weighted by Gasteiger charge is 2.30. The lowest BCUT2D eigenvalue weighted by molar-refractivity contribution is -0.143. The average molecular weight is 271 g/mol. The smallest absolute Gasteiger partial charge is 0.325 e. The normalized spacial score (nSPS) is 17.2. The van der Waals surface area contributed by atoms with Crippen molar-refractivity contribution in [2.75, 3.05) is 13.1 Å². The topological polar surface area (TPSA) is 58.4 Å². The lowest BCUT2D eigenvalue weighted by Crippen LogP contribution is -2.31. The summed E-state index contributed by atoms with van der Waals surface area (Å²) in [6.07, 6.45) is 5.60. The molecule has 20 heavy (non-hydrogen) atoms. The number of carboxylic acid groups (broad SMARTS) is 1. The van der Waals surface area contributed by atoms with E-state index in [9.17, 15) is 9.90 Å². The Bertz CT molecular complexity index is 588. The van der Waals surface area contributed by atoms with Crippen molar-refractivity contribution in [3.63, 3.8) is 0 Å². The van der Waals surface area contributed by atoms with E-state index in [-0.39, 0.29) is 0 Å². The van der Waals surface area contributed by atoms with Crippen LogP contribution in [0.5, 0.6) is 0 Å². The first-order valence-electron chi connectivity index (χ1n) is 6.82. The molecule has 0 bridgehead atoms. The van der Waals surface area contributed by atoms with Gasteiger partial charge in [0, 0.05) is 11.8 Å². The number of carbonyl (C=O) groups is 1. The lowest BCUT2D eigenvalue weighted by atomic mass is 10.1. The number of benzene rings is 1. The van der Waals surface area contributed by atoms with Crippen LogP contribution in [0.2, 0.25) is 0 Å². The summed E-state index contributed by atoms with van der Waals surface area (Å²) >= 11 is 0. The van der Waals surface area contributed by atoms with Crippen molar-refractivity contribution in [1.82, 2.24) is 14.7 Å². The zero-order valence-electron chi connectivity index (χ0n) is 11.1. The molecule has 1 aromatic heterocycles. The van der Waals surface area contributed by atoms with Crippen LogP contribution < -0.4 is 0 Å². The highest BCUT2D eigenvalue weighted by Crippen LogP contribution is 2.25. The Kier molecular flexibility index (Phi) is 3.52. The van der Waals surface area contributed by atoms with E-state index in [0.29, 0.717) is 0 Å². The van der Waals surface area contributed by atoms with Crippen LogP contribution >= 0.6 is 0 Å². The molecule has 1 unspecified atom stereocenters. The molecule has 1 atom stereocenters. The van der Waals surface area contributed by atoms with E-state index in [1.165, 1.54) is 0 Å². The van der Waals surface area contributed by atoms with Gasteiger partial charge in [0.15, 0.2) is 0 Å². The van der Waals surface area contributed by atoms with Crippen molar-refractivity contribution >= 4 is 5.97 Å². The molecule has 0 radical (unpaired) electrons. The molecule has 3 rings (SSSR count). The third-order valence-electron chi connectivity index (χ3n) is 3.68. The summed E-state index contributed by atoms with van der Waals surface area (Å²) in [5, 5.41) is 13.8. The lowest BCUT2D eigenvalue weighted by Gasteiger charge is -2.22. The molecule has 2 heterocycles. The number of likely N-dealkylation sites (tertiary alicyclic amines) is 1. The molecule has 5 heteroatoms. The minimum Gasteiger partial charge on any atom is -0.480 e. The molecular formula is C15H17N3O2. The van der Waals surface area contributed by atoms with Gasteiger partial charge in [-0.3, -0.25) is 9.69 Å². The van der Waals surface area contributed by atoms with Crippen molar-refractivity contribution in [3.8, 4) is 5.69 Å². The number of rotatable bonds is 4. The van der Waals surface area contributed by atoms with Crippen molar-refractivity contribution < 1.29 is 9.90 Å². The molecule has 1 saturated heterocycles. The number of hydrogen-bond acceptors (Lipinski definition) is 3. The Morgan fingerprint density at radius 2 is 1.90 bits per heavy atom. The Hall–Kier alpha value is -2.14. The van der Waals surface area contributed by atoms with Crippen LogP contribution in [-0.4, -0.2) is 38.8 Å². The zero-order valence-corrected chi connectivity index (χ0v) is 11.1. The summed E-state index contributed by atoms with van der Waals surface area (Å²) in [4.78, 5) is 13.6. The molecule has 1 aliphatic heterocycles. The van der Waals surface area contributed by atoms with Gasteiger partial charge < -0.3 is 5.11 Å². The number of hydrogen-bond donors (Lipinski definition) is 1. The predicted molar refractivity (Wildman–Crippen MR) is 74.7 cm³/mol. The van der Waals surface area contributed by atoms with Crippen molar-refractivity contribution in [2.45, 2.75) is 18.9 Å². The molecule has 0 spiro atoms. The molecule has 1 aliphatic rings. The Labute approximate surface area is 117 Å². The van der Waals surface area contributed by atoms with E-state index >= 15 is 0 Å². The van der Waals surface area contributed by atoms with E-state index in [4.69, 9.17) is 0 Å². The molecule has 1 aromatic carbocycles. The second kappa shape index (κ2) is 5.46. The SMILES string of the molecule is O=C(O)C(c1cnn(-c2ccccc2)c1)N1CCCC1. The van der Waals surface area contributed by atoms with Gasteiger partial charge in [-0.15, -0.1) is 0 Å². The first kappa shape index (κ1) is 12.9. The number of aromatic nitrogens is 2. The molecular weight excluding hydrogens is 254 g/mol. The van der Waals surface area contributed by atoms with Gasteiger partial charge in [0.05, 0.1) is 11.9 Å². The summed E-state index contributed by atoms with van der Waals surface area (Å²) in [7, 11) is 0. The fourth-order valence-electron chi connectivity index (χ4n) is 2.71. The van der Waals surface area contributed by atoms with Crippen LogP contribution in [-0.2, 0) is 4.79 Å². The van der Waals surface area contributed by atoms with Gasteiger partial charge in [-0.2, -0.15) is 5.10 Å². The first-order chi connectivity index (χ1) is 9.75. The molecule has 5 nitrogen and oxygen atoms in total. The predicted octanol–water partition coefficient (Wildman–Crippen LogP) is 2.09. The van der Waals surface area contributed by atoms with Gasteiger partial charge in [0.1, 0.15) is 6.04 Å². The minimum absolute atomic E-state index is 0.588. The van der Waals surface area contributed by atoms with Crippen LogP contribution in [0, 0.1) is 0 Å². The average Bonchev–Trinajstić information content (AvgIpc) is 3.12. The number of carboxylic acids is 1. The largest absolute Gasteiger partial charge is 0.480 e. The van der Waals surface area contributed by atoms with Gasteiger partial charge in [-0.1, -0.05) is 18.2 Å². The third-order valence-corrected chi connectivity index (χ3v) is 3.68. The zero-order chi connectivity index (χ0) is 13.9. The van der Waals surface area contributed by atoms with Gasteiger partial charge >= 0.3 is 5.97 Å². The standard InChI is InChI=1S/C15H17N3O2/c19-15(20)14(17-8-4-5-9-17)12-10-16-18(11-12)13-6-2-1-3-7-13/h1-3,6-7,10-11,14H,4-5,8-9H2,(H,19,20). The third kappa shape index (κ3) is 2.44. The van der Waals surface area contributed by atoms with Crippen molar-refractivity contribution in [1.29, 1.82) is 0 Å².